The normalized spacial score (nSPS) is 25.1. The maximum absolute atomic E-state index is 13.0. The zero-order valence-electron chi connectivity index (χ0n) is 9.78. The largest absolute Gasteiger partial charge is 0.392 e. The lowest BCUT2D eigenvalue weighted by atomic mass is 10.0. The second kappa shape index (κ2) is 4.42. The highest BCUT2D eigenvalue weighted by atomic mass is 19.1. The number of aliphatic hydroxyl groups is 1. The van der Waals surface area contributed by atoms with E-state index in [1.807, 2.05) is 0 Å². The second-order valence-electron chi connectivity index (χ2n) is 4.79. The monoisotopic (exact) mass is 223 g/mol. The molecule has 1 aromatic carbocycles. The van der Waals surface area contributed by atoms with Crippen LogP contribution in [0.4, 0.5) is 10.1 Å². The third kappa shape index (κ3) is 2.05. The molecule has 3 heteroatoms. The Morgan fingerprint density at radius 3 is 2.50 bits per heavy atom. The van der Waals surface area contributed by atoms with Crippen LogP contribution in [0.3, 0.4) is 0 Å². The van der Waals surface area contributed by atoms with E-state index in [0.717, 1.165) is 18.8 Å². The molecule has 0 bridgehead atoms. The molecule has 16 heavy (non-hydrogen) atoms. The fraction of sp³-hybridized carbons (Fsp3) is 0.538. The van der Waals surface area contributed by atoms with Crippen LogP contribution in [0.15, 0.2) is 18.2 Å². The molecule has 2 atom stereocenters. The summed E-state index contributed by atoms with van der Waals surface area (Å²) in [7, 11) is 0. The van der Waals surface area contributed by atoms with E-state index in [2.05, 4.69) is 18.7 Å². The molecule has 1 aliphatic rings. The Bertz CT molecular complexity index is 370. The molecule has 0 amide bonds. The molecule has 1 aliphatic heterocycles. The maximum Gasteiger partial charge on any atom is 0.123 e. The van der Waals surface area contributed by atoms with Crippen LogP contribution in [-0.4, -0.2) is 18.2 Å². The molecule has 1 N–H and O–H groups in total. The zero-order valence-corrected chi connectivity index (χ0v) is 9.78. The van der Waals surface area contributed by atoms with Crippen molar-refractivity contribution in [1.82, 2.24) is 0 Å². The summed E-state index contributed by atoms with van der Waals surface area (Å²) in [5.41, 5.74) is 1.65. The Labute approximate surface area is 95.7 Å². The summed E-state index contributed by atoms with van der Waals surface area (Å²) in [5.74, 6) is 1.02. The van der Waals surface area contributed by atoms with Gasteiger partial charge in [-0.05, 0) is 30.0 Å². The van der Waals surface area contributed by atoms with Crippen molar-refractivity contribution in [3.05, 3.63) is 29.6 Å². The number of hydrogen-bond donors (Lipinski definition) is 1. The molecule has 2 nitrogen and oxygen atoms in total. The Morgan fingerprint density at radius 1 is 1.31 bits per heavy atom. The predicted molar refractivity (Wildman–Crippen MR) is 62.9 cm³/mol. The van der Waals surface area contributed by atoms with Crippen molar-refractivity contribution in [1.29, 1.82) is 0 Å². The highest BCUT2D eigenvalue weighted by Crippen LogP contribution is 2.30. The number of benzene rings is 1. The maximum atomic E-state index is 13.0. The van der Waals surface area contributed by atoms with Crippen LogP contribution in [0.2, 0.25) is 0 Å². The van der Waals surface area contributed by atoms with Crippen LogP contribution in [0.5, 0.6) is 0 Å². The Morgan fingerprint density at radius 2 is 1.94 bits per heavy atom. The second-order valence-corrected chi connectivity index (χ2v) is 4.79. The molecule has 0 spiro atoms. The van der Waals surface area contributed by atoms with Crippen molar-refractivity contribution in [2.45, 2.75) is 20.5 Å². The van der Waals surface area contributed by atoms with Crippen LogP contribution in [0, 0.1) is 17.7 Å². The lowest BCUT2D eigenvalue weighted by Gasteiger charge is -2.21. The van der Waals surface area contributed by atoms with E-state index in [-0.39, 0.29) is 12.4 Å². The summed E-state index contributed by atoms with van der Waals surface area (Å²) in [6, 6.07) is 4.65. The molecule has 88 valence electrons. The van der Waals surface area contributed by atoms with Crippen LogP contribution in [0.1, 0.15) is 19.4 Å². The Balaban J connectivity index is 2.27. The van der Waals surface area contributed by atoms with Crippen LogP contribution in [0.25, 0.3) is 0 Å². The lowest BCUT2D eigenvalue weighted by molar-refractivity contribution is 0.281. The number of hydrogen-bond acceptors (Lipinski definition) is 2. The van der Waals surface area contributed by atoms with Gasteiger partial charge in [-0.15, -0.1) is 0 Å². The molecule has 0 aliphatic carbocycles. The third-order valence-electron chi connectivity index (χ3n) is 3.54. The average Bonchev–Trinajstić information content (AvgIpc) is 2.59. The quantitative estimate of drug-likeness (QED) is 0.832. The van der Waals surface area contributed by atoms with Gasteiger partial charge in [0, 0.05) is 24.3 Å². The topological polar surface area (TPSA) is 23.5 Å². The van der Waals surface area contributed by atoms with E-state index < -0.39 is 0 Å². The first-order chi connectivity index (χ1) is 7.61. The summed E-state index contributed by atoms with van der Waals surface area (Å²) in [4.78, 5) is 2.24. The lowest BCUT2D eigenvalue weighted by Crippen LogP contribution is -2.21. The van der Waals surface area contributed by atoms with Crippen molar-refractivity contribution in [3.63, 3.8) is 0 Å². The molecule has 0 aromatic heterocycles. The third-order valence-corrected chi connectivity index (χ3v) is 3.54. The highest BCUT2D eigenvalue weighted by molar-refractivity contribution is 5.54. The minimum atomic E-state index is -0.284. The molecule has 2 unspecified atom stereocenters. The van der Waals surface area contributed by atoms with Gasteiger partial charge in [0.1, 0.15) is 5.82 Å². The summed E-state index contributed by atoms with van der Waals surface area (Å²) >= 11 is 0. The van der Waals surface area contributed by atoms with Gasteiger partial charge >= 0.3 is 0 Å². The number of anilines is 1. The molecule has 1 aromatic rings. The molecule has 0 saturated carbocycles. The molecule has 1 saturated heterocycles. The van der Waals surface area contributed by atoms with Gasteiger partial charge in [0.2, 0.25) is 0 Å². The minimum Gasteiger partial charge on any atom is -0.392 e. The minimum absolute atomic E-state index is 0.105. The van der Waals surface area contributed by atoms with Crippen molar-refractivity contribution in [3.8, 4) is 0 Å². The van der Waals surface area contributed by atoms with Crippen LogP contribution < -0.4 is 4.90 Å². The fourth-order valence-corrected chi connectivity index (χ4v) is 2.32. The molecular formula is C13H18FNO. The van der Waals surface area contributed by atoms with Crippen molar-refractivity contribution < 1.29 is 9.50 Å². The Hall–Kier alpha value is -1.09. The predicted octanol–water partition coefficient (Wildman–Crippen LogP) is 2.41. The number of rotatable bonds is 2. The van der Waals surface area contributed by atoms with E-state index in [1.54, 1.807) is 6.07 Å². The van der Waals surface area contributed by atoms with E-state index >= 15 is 0 Å². The summed E-state index contributed by atoms with van der Waals surface area (Å²) in [6.07, 6.45) is 0. The first-order valence-corrected chi connectivity index (χ1v) is 5.76. The summed E-state index contributed by atoms with van der Waals surface area (Å²) in [5, 5.41) is 9.24. The Kier molecular flexibility index (Phi) is 3.15. The van der Waals surface area contributed by atoms with Crippen molar-refractivity contribution in [2.75, 3.05) is 18.0 Å². The van der Waals surface area contributed by atoms with Crippen molar-refractivity contribution in [2.24, 2.45) is 11.8 Å². The van der Waals surface area contributed by atoms with Gasteiger partial charge in [-0.3, -0.25) is 0 Å². The molecule has 1 fully saturated rings. The van der Waals surface area contributed by atoms with Gasteiger partial charge in [-0.25, -0.2) is 4.39 Å². The molecule has 2 rings (SSSR count). The molecule has 0 radical (unpaired) electrons. The van der Waals surface area contributed by atoms with Gasteiger partial charge in [0.15, 0.2) is 0 Å². The van der Waals surface area contributed by atoms with Gasteiger partial charge in [0.05, 0.1) is 6.61 Å². The van der Waals surface area contributed by atoms with Gasteiger partial charge < -0.3 is 10.0 Å². The smallest absolute Gasteiger partial charge is 0.123 e. The van der Waals surface area contributed by atoms with E-state index in [1.165, 1.54) is 12.1 Å². The van der Waals surface area contributed by atoms with Gasteiger partial charge in [0.25, 0.3) is 0 Å². The van der Waals surface area contributed by atoms with E-state index in [9.17, 15) is 9.50 Å². The van der Waals surface area contributed by atoms with E-state index in [4.69, 9.17) is 0 Å². The standard InChI is InChI=1S/C13H18FNO/c1-9-6-15(7-10(9)2)13-4-3-12(14)5-11(13)8-16/h3-5,9-10,16H,6-8H2,1-2H3. The highest BCUT2D eigenvalue weighted by Gasteiger charge is 2.27. The molecular weight excluding hydrogens is 205 g/mol. The molecule has 1 heterocycles. The van der Waals surface area contributed by atoms with Gasteiger partial charge in [-0.1, -0.05) is 13.8 Å². The first kappa shape index (κ1) is 11.4. The first-order valence-electron chi connectivity index (χ1n) is 5.76. The van der Waals surface area contributed by atoms with E-state index in [0.29, 0.717) is 17.4 Å². The summed E-state index contributed by atoms with van der Waals surface area (Å²) < 4.78 is 13.0. The average molecular weight is 223 g/mol. The van der Waals surface area contributed by atoms with Crippen LogP contribution in [-0.2, 0) is 6.61 Å². The van der Waals surface area contributed by atoms with Gasteiger partial charge in [-0.2, -0.15) is 0 Å². The summed E-state index contributed by atoms with van der Waals surface area (Å²) in [6.45, 7) is 6.32. The van der Waals surface area contributed by atoms with Crippen LogP contribution >= 0.6 is 0 Å². The number of aliphatic hydroxyl groups excluding tert-OH is 1. The number of halogens is 1. The number of nitrogens with zero attached hydrogens (tertiary/aromatic N) is 1. The van der Waals surface area contributed by atoms with Crippen molar-refractivity contribution >= 4 is 5.69 Å². The zero-order chi connectivity index (χ0) is 11.7. The fourth-order valence-electron chi connectivity index (χ4n) is 2.32. The SMILES string of the molecule is CC1CN(c2ccc(F)cc2CO)CC1C.